The second-order valence-corrected chi connectivity index (χ2v) is 5.73. The molecule has 0 saturated carbocycles. The second-order valence-electron chi connectivity index (χ2n) is 5.73. The van der Waals surface area contributed by atoms with Crippen molar-refractivity contribution in [2.45, 2.75) is 6.92 Å². The summed E-state index contributed by atoms with van der Waals surface area (Å²) in [5.41, 5.74) is 2.75. The fraction of sp³-hybridized carbons (Fsp3) is 0.143. The number of benzene rings is 2. The minimum absolute atomic E-state index is 0.233. The fourth-order valence-corrected chi connectivity index (χ4v) is 2.48. The highest BCUT2D eigenvalue weighted by Gasteiger charge is 2.08. The zero-order valence-electron chi connectivity index (χ0n) is 15.2. The van der Waals surface area contributed by atoms with Gasteiger partial charge in [-0.2, -0.15) is 0 Å². The molecule has 0 saturated heterocycles. The van der Waals surface area contributed by atoms with Crippen LogP contribution < -0.4 is 20.1 Å². The number of nitrogens with one attached hydrogen (secondary N) is 2. The van der Waals surface area contributed by atoms with Crippen LogP contribution >= 0.6 is 0 Å². The summed E-state index contributed by atoms with van der Waals surface area (Å²) >= 11 is 0. The summed E-state index contributed by atoms with van der Waals surface area (Å²) in [4.78, 5) is 16.6. The summed E-state index contributed by atoms with van der Waals surface area (Å²) in [7, 11) is 1.60. The van der Waals surface area contributed by atoms with Gasteiger partial charge in [0.2, 0.25) is 0 Å². The van der Waals surface area contributed by atoms with Gasteiger partial charge in [0.15, 0.2) is 0 Å². The summed E-state index contributed by atoms with van der Waals surface area (Å²) in [5.74, 6) is 1.31. The van der Waals surface area contributed by atoms with Gasteiger partial charge < -0.3 is 20.1 Å². The highest BCUT2D eigenvalue weighted by atomic mass is 16.5. The van der Waals surface area contributed by atoms with Gasteiger partial charge in [0.1, 0.15) is 11.5 Å². The first-order valence-corrected chi connectivity index (χ1v) is 8.58. The normalized spacial score (nSPS) is 10.1. The standard InChI is InChI=1S/C21H21N3O3/c1-3-27-20-10-6-16(7-11-20)23-18-12-15(13-22-14-18)21(25)24-17-4-8-19(26-2)9-5-17/h4-14,23H,3H2,1-2H3,(H,24,25). The lowest BCUT2D eigenvalue weighted by Crippen LogP contribution is -2.12. The van der Waals surface area contributed by atoms with Gasteiger partial charge in [-0.15, -0.1) is 0 Å². The van der Waals surface area contributed by atoms with Crippen LogP contribution in [0.25, 0.3) is 0 Å². The molecule has 2 N–H and O–H groups in total. The third-order valence-corrected chi connectivity index (χ3v) is 3.80. The maximum Gasteiger partial charge on any atom is 0.257 e. The first kappa shape index (κ1) is 18.3. The first-order valence-electron chi connectivity index (χ1n) is 8.58. The van der Waals surface area contributed by atoms with Crippen LogP contribution in [0.2, 0.25) is 0 Å². The van der Waals surface area contributed by atoms with E-state index in [-0.39, 0.29) is 5.91 Å². The molecule has 0 spiro atoms. The zero-order valence-corrected chi connectivity index (χ0v) is 15.2. The van der Waals surface area contributed by atoms with E-state index in [1.807, 2.05) is 31.2 Å². The number of hydrogen-bond acceptors (Lipinski definition) is 5. The van der Waals surface area contributed by atoms with Gasteiger partial charge in [-0.05, 0) is 61.5 Å². The van der Waals surface area contributed by atoms with E-state index < -0.39 is 0 Å². The quantitative estimate of drug-likeness (QED) is 0.647. The Morgan fingerprint density at radius 1 is 0.926 bits per heavy atom. The van der Waals surface area contributed by atoms with Crippen LogP contribution in [0.15, 0.2) is 67.0 Å². The predicted molar refractivity (Wildman–Crippen MR) is 106 cm³/mol. The van der Waals surface area contributed by atoms with Gasteiger partial charge in [-0.25, -0.2) is 0 Å². The van der Waals surface area contributed by atoms with Crippen molar-refractivity contribution in [3.63, 3.8) is 0 Å². The molecule has 3 aromatic rings. The number of aromatic nitrogens is 1. The molecule has 0 bridgehead atoms. The molecule has 3 rings (SSSR count). The number of methoxy groups -OCH3 is 1. The minimum atomic E-state index is -0.233. The lowest BCUT2D eigenvalue weighted by molar-refractivity contribution is 0.102. The Morgan fingerprint density at radius 2 is 1.59 bits per heavy atom. The molecular weight excluding hydrogens is 342 g/mol. The summed E-state index contributed by atoms with van der Waals surface area (Å²) < 4.78 is 10.5. The SMILES string of the molecule is CCOc1ccc(Nc2cncc(C(=O)Nc3ccc(OC)cc3)c2)cc1. The lowest BCUT2D eigenvalue weighted by Gasteiger charge is -2.10. The zero-order chi connectivity index (χ0) is 19.1. The van der Waals surface area contributed by atoms with Crippen molar-refractivity contribution in [2.24, 2.45) is 0 Å². The van der Waals surface area contributed by atoms with Gasteiger partial charge in [-0.3, -0.25) is 9.78 Å². The number of hydrogen-bond donors (Lipinski definition) is 2. The third kappa shape index (κ3) is 4.98. The van der Waals surface area contributed by atoms with Crippen molar-refractivity contribution in [1.29, 1.82) is 0 Å². The maximum atomic E-state index is 12.5. The highest BCUT2D eigenvalue weighted by molar-refractivity contribution is 6.04. The molecule has 0 aliphatic rings. The number of carbonyl (C=O) groups excluding carboxylic acids is 1. The molecule has 0 atom stereocenters. The summed E-state index contributed by atoms with van der Waals surface area (Å²) in [6.45, 7) is 2.57. The van der Waals surface area contributed by atoms with Crippen molar-refractivity contribution in [3.05, 3.63) is 72.6 Å². The molecule has 1 amide bonds. The van der Waals surface area contributed by atoms with E-state index >= 15 is 0 Å². The number of amides is 1. The second kappa shape index (κ2) is 8.71. The van der Waals surface area contributed by atoms with Gasteiger partial charge in [0.05, 0.1) is 31.2 Å². The molecule has 1 heterocycles. The van der Waals surface area contributed by atoms with E-state index in [0.717, 1.165) is 22.9 Å². The Morgan fingerprint density at radius 3 is 2.26 bits per heavy atom. The molecular formula is C21H21N3O3. The lowest BCUT2D eigenvalue weighted by atomic mass is 10.2. The molecule has 2 aromatic carbocycles. The van der Waals surface area contributed by atoms with Gasteiger partial charge in [0.25, 0.3) is 5.91 Å². The Labute approximate surface area is 158 Å². The first-order chi connectivity index (χ1) is 13.2. The molecule has 6 heteroatoms. The number of carbonyl (C=O) groups is 1. The van der Waals surface area contributed by atoms with Crippen LogP contribution in [0.1, 0.15) is 17.3 Å². The van der Waals surface area contributed by atoms with E-state index in [0.29, 0.717) is 17.9 Å². The smallest absolute Gasteiger partial charge is 0.257 e. The Bertz CT molecular complexity index is 893. The molecule has 0 radical (unpaired) electrons. The van der Waals surface area contributed by atoms with E-state index in [1.54, 1.807) is 43.6 Å². The van der Waals surface area contributed by atoms with Crippen molar-refractivity contribution >= 4 is 23.0 Å². The van der Waals surface area contributed by atoms with Crippen LogP contribution in [0.4, 0.5) is 17.1 Å². The van der Waals surface area contributed by atoms with Crippen LogP contribution in [-0.2, 0) is 0 Å². The van der Waals surface area contributed by atoms with E-state index in [4.69, 9.17) is 9.47 Å². The topological polar surface area (TPSA) is 72.5 Å². The average molecular weight is 363 g/mol. The van der Waals surface area contributed by atoms with Crippen molar-refractivity contribution < 1.29 is 14.3 Å². The largest absolute Gasteiger partial charge is 0.497 e. The van der Waals surface area contributed by atoms with Crippen LogP contribution in [0.3, 0.4) is 0 Å². The molecule has 0 fully saturated rings. The average Bonchev–Trinajstić information content (AvgIpc) is 2.70. The minimum Gasteiger partial charge on any atom is -0.497 e. The number of nitrogens with zero attached hydrogens (tertiary/aromatic N) is 1. The van der Waals surface area contributed by atoms with E-state index in [2.05, 4.69) is 15.6 Å². The Kier molecular flexibility index (Phi) is 5.89. The Hall–Kier alpha value is -3.54. The van der Waals surface area contributed by atoms with Crippen molar-refractivity contribution in [1.82, 2.24) is 4.98 Å². The molecule has 1 aromatic heterocycles. The number of ether oxygens (including phenoxy) is 2. The number of pyridine rings is 1. The molecule has 6 nitrogen and oxygen atoms in total. The third-order valence-electron chi connectivity index (χ3n) is 3.80. The maximum absolute atomic E-state index is 12.5. The molecule has 0 unspecified atom stereocenters. The molecule has 27 heavy (non-hydrogen) atoms. The number of anilines is 3. The van der Waals surface area contributed by atoms with Crippen LogP contribution in [0, 0.1) is 0 Å². The fourth-order valence-electron chi connectivity index (χ4n) is 2.48. The van der Waals surface area contributed by atoms with E-state index in [9.17, 15) is 4.79 Å². The summed E-state index contributed by atoms with van der Waals surface area (Å²) in [6, 6.07) is 16.5. The van der Waals surface area contributed by atoms with Crippen molar-refractivity contribution in [3.8, 4) is 11.5 Å². The van der Waals surface area contributed by atoms with Gasteiger partial charge >= 0.3 is 0 Å². The van der Waals surface area contributed by atoms with Gasteiger partial charge in [0, 0.05) is 17.6 Å². The van der Waals surface area contributed by atoms with Crippen LogP contribution in [-0.4, -0.2) is 24.6 Å². The predicted octanol–water partition coefficient (Wildman–Crippen LogP) is 4.48. The van der Waals surface area contributed by atoms with Crippen molar-refractivity contribution in [2.75, 3.05) is 24.4 Å². The number of rotatable bonds is 7. The van der Waals surface area contributed by atoms with Crippen LogP contribution in [0.5, 0.6) is 11.5 Å². The molecule has 0 aliphatic heterocycles. The molecule has 138 valence electrons. The van der Waals surface area contributed by atoms with Gasteiger partial charge in [-0.1, -0.05) is 0 Å². The summed E-state index contributed by atoms with van der Waals surface area (Å²) in [5, 5.41) is 6.08. The summed E-state index contributed by atoms with van der Waals surface area (Å²) in [6.07, 6.45) is 3.20. The monoisotopic (exact) mass is 363 g/mol. The highest BCUT2D eigenvalue weighted by Crippen LogP contribution is 2.21. The Balaban J connectivity index is 1.67. The van der Waals surface area contributed by atoms with E-state index in [1.165, 1.54) is 6.20 Å². The molecule has 0 aliphatic carbocycles.